The van der Waals surface area contributed by atoms with Gasteiger partial charge in [0, 0.05) is 24.5 Å². The molecule has 2 aromatic heterocycles. The summed E-state index contributed by atoms with van der Waals surface area (Å²) in [5, 5.41) is 4.33. The molecule has 21 heavy (non-hydrogen) atoms. The molecule has 0 radical (unpaired) electrons. The zero-order chi connectivity index (χ0) is 15.0. The van der Waals surface area contributed by atoms with Crippen molar-refractivity contribution in [1.82, 2.24) is 24.5 Å². The van der Waals surface area contributed by atoms with Crippen molar-refractivity contribution < 1.29 is 4.79 Å². The van der Waals surface area contributed by atoms with E-state index in [2.05, 4.69) is 22.0 Å². The smallest absolute Gasteiger partial charge is 0.293 e. The zero-order valence-corrected chi connectivity index (χ0v) is 12.8. The first-order valence-electron chi connectivity index (χ1n) is 7.55. The van der Waals surface area contributed by atoms with Crippen LogP contribution in [-0.2, 0) is 0 Å². The zero-order valence-electron chi connectivity index (χ0n) is 12.8. The van der Waals surface area contributed by atoms with Crippen molar-refractivity contribution in [2.75, 3.05) is 13.1 Å². The van der Waals surface area contributed by atoms with Crippen LogP contribution in [0.3, 0.4) is 0 Å². The third-order valence-corrected chi connectivity index (χ3v) is 4.11. The van der Waals surface area contributed by atoms with Crippen LogP contribution in [0.1, 0.15) is 48.2 Å². The Kier molecular flexibility index (Phi) is 3.61. The number of hydrogen-bond acceptors (Lipinski definition) is 4. The lowest BCUT2D eigenvalue weighted by Crippen LogP contribution is -2.32. The SMILES string of the molecule is Cc1cc(C)n2nc(C(=O)N3CCCC(C)CC3)nc2n1. The fourth-order valence-electron chi connectivity index (χ4n) is 2.86. The summed E-state index contributed by atoms with van der Waals surface area (Å²) in [5.41, 5.74) is 1.82. The monoisotopic (exact) mass is 287 g/mol. The van der Waals surface area contributed by atoms with Crippen LogP contribution in [0.5, 0.6) is 0 Å². The number of hydrogen-bond donors (Lipinski definition) is 0. The maximum Gasteiger partial charge on any atom is 0.293 e. The van der Waals surface area contributed by atoms with Crippen LogP contribution in [-0.4, -0.2) is 43.5 Å². The van der Waals surface area contributed by atoms with Gasteiger partial charge >= 0.3 is 0 Å². The Bertz CT molecular complexity index is 678. The molecule has 1 atom stereocenters. The highest BCUT2D eigenvalue weighted by Crippen LogP contribution is 2.17. The quantitative estimate of drug-likeness (QED) is 0.805. The first kappa shape index (κ1) is 14.0. The van der Waals surface area contributed by atoms with Crippen molar-refractivity contribution >= 4 is 11.7 Å². The molecule has 1 saturated heterocycles. The van der Waals surface area contributed by atoms with Crippen LogP contribution in [0.25, 0.3) is 5.78 Å². The molecular formula is C15H21N5O. The van der Waals surface area contributed by atoms with Crippen LogP contribution >= 0.6 is 0 Å². The molecule has 1 aliphatic rings. The molecule has 3 heterocycles. The van der Waals surface area contributed by atoms with Gasteiger partial charge in [-0.3, -0.25) is 4.79 Å². The van der Waals surface area contributed by atoms with Gasteiger partial charge in [-0.1, -0.05) is 6.92 Å². The number of aromatic nitrogens is 4. The molecule has 6 nitrogen and oxygen atoms in total. The Morgan fingerprint density at radius 2 is 2.05 bits per heavy atom. The topological polar surface area (TPSA) is 63.4 Å². The molecule has 0 bridgehead atoms. The van der Waals surface area contributed by atoms with E-state index in [1.54, 1.807) is 4.52 Å². The van der Waals surface area contributed by atoms with Gasteiger partial charge in [0.2, 0.25) is 5.82 Å². The van der Waals surface area contributed by atoms with Crippen molar-refractivity contribution in [2.24, 2.45) is 5.92 Å². The average Bonchev–Trinajstić information content (AvgIpc) is 2.74. The second kappa shape index (κ2) is 5.42. The molecule has 0 aromatic carbocycles. The maximum atomic E-state index is 12.6. The molecule has 0 saturated carbocycles. The molecule has 0 N–H and O–H groups in total. The molecule has 3 rings (SSSR count). The second-order valence-corrected chi connectivity index (χ2v) is 6.01. The largest absolute Gasteiger partial charge is 0.336 e. The Hall–Kier alpha value is -1.98. The molecule has 1 fully saturated rings. The number of nitrogens with zero attached hydrogens (tertiary/aromatic N) is 5. The number of rotatable bonds is 1. The molecule has 1 unspecified atom stereocenters. The van der Waals surface area contributed by atoms with Crippen molar-refractivity contribution in [3.63, 3.8) is 0 Å². The van der Waals surface area contributed by atoms with Crippen molar-refractivity contribution in [3.8, 4) is 0 Å². The summed E-state index contributed by atoms with van der Waals surface area (Å²) in [7, 11) is 0. The lowest BCUT2D eigenvalue weighted by atomic mass is 10.0. The maximum absolute atomic E-state index is 12.6. The molecule has 1 amide bonds. The highest BCUT2D eigenvalue weighted by Gasteiger charge is 2.23. The Labute approximate surface area is 124 Å². The van der Waals surface area contributed by atoms with E-state index < -0.39 is 0 Å². The normalized spacial score (nSPS) is 19.8. The molecular weight excluding hydrogens is 266 g/mol. The van der Waals surface area contributed by atoms with Crippen LogP contribution in [0, 0.1) is 19.8 Å². The van der Waals surface area contributed by atoms with E-state index in [1.807, 2.05) is 24.8 Å². The van der Waals surface area contributed by atoms with Crippen molar-refractivity contribution in [1.29, 1.82) is 0 Å². The van der Waals surface area contributed by atoms with Gasteiger partial charge in [0.25, 0.3) is 11.7 Å². The van der Waals surface area contributed by atoms with E-state index in [-0.39, 0.29) is 11.7 Å². The molecule has 1 aliphatic heterocycles. The van der Waals surface area contributed by atoms with E-state index >= 15 is 0 Å². The van der Waals surface area contributed by atoms with Gasteiger partial charge in [0.15, 0.2) is 0 Å². The van der Waals surface area contributed by atoms with Crippen LogP contribution in [0.4, 0.5) is 0 Å². The van der Waals surface area contributed by atoms with Crippen LogP contribution in [0.15, 0.2) is 6.07 Å². The van der Waals surface area contributed by atoms with Crippen molar-refractivity contribution in [3.05, 3.63) is 23.3 Å². The Morgan fingerprint density at radius 1 is 1.24 bits per heavy atom. The minimum absolute atomic E-state index is 0.0772. The number of carbonyl (C=O) groups excluding carboxylic acids is 1. The van der Waals surface area contributed by atoms with Gasteiger partial charge in [-0.2, -0.15) is 4.98 Å². The molecule has 2 aromatic rings. The number of amides is 1. The van der Waals surface area contributed by atoms with Gasteiger partial charge in [-0.15, -0.1) is 5.10 Å². The highest BCUT2D eigenvalue weighted by molar-refractivity contribution is 5.90. The summed E-state index contributed by atoms with van der Waals surface area (Å²) in [4.78, 5) is 23.1. The third-order valence-electron chi connectivity index (χ3n) is 4.11. The fourth-order valence-corrected chi connectivity index (χ4v) is 2.86. The Balaban J connectivity index is 1.89. The van der Waals surface area contributed by atoms with Crippen LogP contribution < -0.4 is 0 Å². The Morgan fingerprint density at radius 3 is 2.86 bits per heavy atom. The predicted molar refractivity (Wildman–Crippen MR) is 79.2 cm³/mol. The van der Waals surface area contributed by atoms with E-state index in [4.69, 9.17) is 0 Å². The first-order valence-corrected chi connectivity index (χ1v) is 7.55. The van der Waals surface area contributed by atoms with Gasteiger partial charge < -0.3 is 4.90 Å². The van der Waals surface area contributed by atoms with E-state index in [9.17, 15) is 4.79 Å². The van der Waals surface area contributed by atoms with E-state index in [0.717, 1.165) is 37.3 Å². The van der Waals surface area contributed by atoms with Crippen molar-refractivity contribution in [2.45, 2.75) is 40.0 Å². The first-order chi connectivity index (χ1) is 10.0. The van der Waals surface area contributed by atoms with Crippen LogP contribution in [0.2, 0.25) is 0 Å². The molecule has 0 spiro atoms. The molecule has 0 aliphatic carbocycles. The van der Waals surface area contributed by atoms with E-state index in [1.165, 1.54) is 6.42 Å². The number of fused-ring (bicyclic) bond motifs is 1. The number of likely N-dealkylation sites (tertiary alicyclic amines) is 1. The lowest BCUT2D eigenvalue weighted by molar-refractivity contribution is 0.0748. The standard InChI is InChI=1S/C15H21N5O/c1-10-5-4-7-19(8-6-10)14(21)13-17-15-16-11(2)9-12(3)20(15)18-13/h9-10H,4-8H2,1-3H3. The fraction of sp³-hybridized carbons (Fsp3) is 0.600. The summed E-state index contributed by atoms with van der Waals surface area (Å²) in [6, 6.07) is 1.93. The summed E-state index contributed by atoms with van der Waals surface area (Å²) in [6.07, 6.45) is 3.29. The number of carbonyl (C=O) groups is 1. The third kappa shape index (κ3) is 2.75. The summed E-state index contributed by atoms with van der Waals surface area (Å²) in [5.74, 6) is 1.36. The minimum atomic E-state index is -0.0772. The summed E-state index contributed by atoms with van der Waals surface area (Å²) < 4.78 is 1.64. The van der Waals surface area contributed by atoms with E-state index in [0.29, 0.717) is 11.7 Å². The van der Waals surface area contributed by atoms with Gasteiger partial charge in [0.05, 0.1) is 0 Å². The lowest BCUT2D eigenvalue weighted by Gasteiger charge is -2.18. The average molecular weight is 287 g/mol. The van der Waals surface area contributed by atoms with Gasteiger partial charge in [-0.25, -0.2) is 9.50 Å². The molecule has 6 heteroatoms. The molecule has 112 valence electrons. The summed E-state index contributed by atoms with van der Waals surface area (Å²) >= 11 is 0. The van der Waals surface area contributed by atoms with Gasteiger partial charge in [-0.05, 0) is 45.1 Å². The van der Waals surface area contributed by atoms with Gasteiger partial charge in [0.1, 0.15) is 0 Å². The highest BCUT2D eigenvalue weighted by atomic mass is 16.2. The number of aryl methyl sites for hydroxylation is 2. The second-order valence-electron chi connectivity index (χ2n) is 6.01. The minimum Gasteiger partial charge on any atom is -0.336 e. The predicted octanol–water partition coefficient (Wildman–Crippen LogP) is 2.00. The summed E-state index contributed by atoms with van der Waals surface area (Å²) in [6.45, 7) is 7.69.